The molecule has 0 radical (unpaired) electrons. The number of rotatable bonds is 3. The highest BCUT2D eigenvalue weighted by Crippen LogP contribution is 2.44. The number of hydrogen-bond donors (Lipinski definition) is 2. The number of fused-ring (bicyclic) bond motifs is 1. The third-order valence-corrected chi connectivity index (χ3v) is 3.42. The average molecular weight is 245 g/mol. The van der Waals surface area contributed by atoms with Crippen molar-refractivity contribution in [2.45, 2.75) is 38.5 Å². The molecule has 0 atom stereocenters. The summed E-state index contributed by atoms with van der Waals surface area (Å²) in [5.41, 5.74) is 2.77. The summed E-state index contributed by atoms with van der Waals surface area (Å²) in [5.74, 6) is -0.318. The fraction of sp³-hybridized carbons (Fsp3) is 0.462. The molecular formula is C13H15N3O2. The summed E-state index contributed by atoms with van der Waals surface area (Å²) >= 11 is 0. The molecule has 1 fully saturated rings. The third-order valence-electron chi connectivity index (χ3n) is 3.42. The third kappa shape index (κ3) is 1.58. The molecule has 0 saturated heterocycles. The SMILES string of the molecule is CC(C)c1c(C2CC2)nc2[nH]ncc2c1C(=O)O. The van der Waals surface area contributed by atoms with Gasteiger partial charge in [-0.25, -0.2) is 9.78 Å². The standard InChI is InChI=1S/C13H15N3O2/c1-6(2)9-10(13(17)18)8-5-14-16-12(8)15-11(9)7-3-4-7/h5-7H,3-4H2,1-2H3,(H,17,18)(H,14,15,16). The number of nitrogens with zero attached hydrogens (tertiary/aromatic N) is 2. The zero-order valence-corrected chi connectivity index (χ0v) is 10.4. The van der Waals surface area contributed by atoms with E-state index in [9.17, 15) is 9.90 Å². The van der Waals surface area contributed by atoms with Crippen molar-refractivity contribution in [3.05, 3.63) is 23.0 Å². The largest absolute Gasteiger partial charge is 0.478 e. The highest BCUT2D eigenvalue weighted by molar-refractivity contribution is 6.03. The van der Waals surface area contributed by atoms with Crippen LogP contribution in [0.5, 0.6) is 0 Å². The van der Waals surface area contributed by atoms with E-state index in [-0.39, 0.29) is 5.92 Å². The van der Waals surface area contributed by atoms with Crippen molar-refractivity contribution in [1.29, 1.82) is 0 Å². The lowest BCUT2D eigenvalue weighted by Gasteiger charge is -2.15. The summed E-state index contributed by atoms with van der Waals surface area (Å²) in [6.45, 7) is 4.03. The van der Waals surface area contributed by atoms with E-state index < -0.39 is 5.97 Å². The van der Waals surface area contributed by atoms with Crippen LogP contribution in [0, 0.1) is 0 Å². The molecule has 2 N–H and O–H groups in total. The Morgan fingerprint density at radius 1 is 1.50 bits per heavy atom. The van der Waals surface area contributed by atoms with Crippen LogP contribution in [0.25, 0.3) is 11.0 Å². The van der Waals surface area contributed by atoms with Crippen molar-refractivity contribution < 1.29 is 9.90 Å². The van der Waals surface area contributed by atoms with E-state index in [1.807, 2.05) is 13.8 Å². The normalized spacial score (nSPS) is 15.5. The van der Waals surface area contributed by atoms with Gasteiger partial charge in [0.25, 0.3) is 0 Å². The van der Waals surface area contributed by atoms with Gasteiger partial charge < -0.3 is 5.11 Å². The predicted molar refractivity (Wildman–Crippen MR) is 66.9 cm³/mol. The number of carbonyl (C=O) groups is 1. The van der Waals surface area contributed by atoms with Crippen molar-refractivity contribution in [2.75, 3.05) is 0 Å². The van der Waals surface area contributed by atoms with Gasteiger partial charge >= 0.3 is 5.97 Å². The van der Waals surface area contributed by atoms with E-state index in [0.29, 0.717) is 22.5 Å². The van der Waals surface area contributed by atoms with Crippen LogP contribution in [0.15, 0.2) is 6.20 Å². The summed E-state index contributed by atoms with van der Waals surface area (Å²) < 4.78 is 0. The Morgan fingerprint density at radius 2 is 2.22 bits per heavy atom. The molecule has 5 nitrogen and oxygen atoms in total. The predicted octanol–water partition coefficient (Wildman–Crippen LogP) is 2.66. The number of hydrogen-bond acceptors (Lipinski definition) is 3. The van der Waals surface area contributed by atoms with E-state index >= 15 is 0 Å². The fourth-order valence-electron chi connectivity index (χ4n) is 2.48. The first-order chi connectivity index (χ1) is 8.59. The van der Waals surface area contributed by atoms with E-state index in [2.05, 4.69) is 15.2 Å². The second-order valence-electron chi connectivity index (χ2n) is 5.15. The number of pyridine rings is 1. The van der Waals surface area contributed by atoms with Crippen LogP contribution in [0.1, 0.15) is 60.1 Å². The molecule has 0 amide bonds. The summed E-state index contributed by atoms with van der Waals surface area (Å²) in [7, 11) is 0. The lowest BCUT2D eigenvalue weighted by molar-refractivity contribution is 0.0697. The Hall–Kier alpha value is -1.91. The molecule has 18 heavy (non-hydrogen) atoms. The van der Waals surface area contributed by atoms with Crippen LogP contribution in [0.2, 0.25) is 0 Å². The molecule has 3 rings (SSSR count). The van der Waals surface area contributed by atoms with Crippen LogP contribution in [0.4, 0.5) is 0 Å². The second kappa shape index (κ2) is 3.80. The van der Waals surface area contributed by atoms with Gasteiger partial charge in [0.2, 0.25) is 0 Å². The first kappa shape index (κ1) is 11.2. The molecule has 94 valence electrons. The van der Waals surface area contributed by atoms with E-state index in [1.54, 1.807) is 6.20 Å². The van der Waals surface area contributed by atoms with Gasteiger partial charge in [-0.3, -0.25) is 5.10 Å². The monoisotopic (exact) mass is 245 g/mol. The lowest BCUT2D eigenvalue weighted by Crippen LogP contribution is -2.10. The summed E-state index contributed by atoms with van der Waals surface area (Å²) in [4.78, 5) is 16.1. The smallest absolute Gasteiger partial charge is 0.336 e. The molecule has 2 aromatic heterocycles. The second-order valence-corrected chi connectivity index (χ2v) is 5.15. The van der Waals surface area contributed by atoms with Crippen molar-refractivity contribution in [3.8, 4) is 0 Å². The molecule has 2 heterocycles. The first-order valence-corrected chi connectivity index (χ1v) is 6.19. The number of aromatic nitrogens is 3. The van der Waals surface area contributed by atoms with Crippen molar-refractivity contribution >= 4 is 17.0 Å². The Balaban J connectivity index is 2.38. The summed E-state index contributed by atoms with van der Waals surface area (Å²) in [6, 6.07) is 0. The van der Waals surface area contributed by atoms with Crippen LogP contribution in [-0.4, -0.2) is 26.3 Å². The number of H-pyrrole nitrogens is 1. The molecule has 0 aliphatic heterocycles. The zero-order valence-electron chi connectivity index (χ0n) is 10.4. The highest BCUT2D eigenvalue weighted by atomic mass is 16.4. The number of aromatic carboxylic acids is 1. The molecule has 1 aliphatic carbocycles. The maximum Gasteiger partial charge on any atom is 0.336 e. The molecule has 1 aliphatic rings. The lowest BCUT2D eigenvalue weighted by atomic mass is 9.92. The van der Waals surface area contributed by atoms with Gasteiger partial charge in [0.05, 0.1) is 22.8 Å². The van der Waals surface area contributed by atoms with E-state index in [0.717, 1.165) is 24.1 Å². The quantitative estimate of drug-likeness (QED) is 0.871. The molecule has 0 spiro atoms. The molecule has 1 saturated carbocycles. The van der Waals surface area contributed by atoms with Crippen LogP contribution < -0.4 is 0 Å². The fourth-order valence-corrected chi connectivity index (χ4v) is 2.48. The minimum absolute atomic E-state index is 0.151. The van der Waals surface area contributed by atoms with E-state index in [1.165, 1.54) is 0 Å². The molecule has 5 heteroatoms. The van der Waals surface area contributed by atoms with Gasteiger partial charge in [-0.1, -0.05) is 13.8 Å². The van der Waals surface area contributed by atoms with Gasteiger partial charge in [0.15, 0.2) is 5.65 Å². The maximum absolute atomic E-state index is 11.6. The number of aromatic amines is 1. The molecule has 2 aromatic rings. The van der Waals surface area contributed by atoms with Gasteiger partial charge in [-0.2, -0.15) is 5.10 Å². The van der Waals surface area contributed by atoms with Gasteiger partial charge in [0.1, 0.15) is 0 Å². The van der Waals surface area contributed by atoms with Crippen LogP contribution in [-0.2, 0) is 0 Å². The molecule has 0 aromatic carbocycles. The number of carboxylic acids is 1. The van der Waals surface area contributed by atoms with Gasteiger partial charge in [-0.05, 0) is 24.3 Å². The van der Waals surface area contributed by atoms with Gasteiger partial charge in [0, 0.05) is 5.92 Å². The van der Waals surface area contributed by atoms with Crippen molar-refractivity contribution in [2.24, 2.45) is 0 Å². The Morgan fingerprint density at radius 3 is 2.78 bits per heavy atom. The first-order valence-electron chi connectivity index (χ1n) is 6.19. The van der Waals surface area contributed by atoms with Crippen molar-refractivity contribution in [1.82, 2.24) is 15.2 Å². The van der Waals surface area contributed by atoms with E-state index in [4.69, 9.17) is 0 Å². The average Bonchev–Trinajstić information content (AvgIpc) is 3.05. The Labute approximate surface area is 104 Å². The minimum Gasteiger partial charge on any atom is -0.478 e. The number of nitrogens with one attached hydrogen (secondary N) is 1. The maximum atomic E-state index is 11.6. The van der Waals surface area contributed by atoms with Crippen molar-refractivity contribution in [3.63, 3.8) is 0 Å². The summed E-state index contributed by atoms with van der Waals surface area (Å²) in [5, 5.41) is 16.8. The van der Waals surface area contributed by atoms with Gasteiger partial charge in [-0.15, -0.1) is 0 Å². The number of carboxylic acid groups (broad SMARTS) is 1. The minimum atomic E-state index is -0.894. The Kier molecular flexibility index (Phi) is 2.36. The van der Waals surface area contributed by atoms with Crippen LogP contribution >= 0.6 is 0 Å². The zero-order chi connectivity index (χ0) is 12.9. The topological polar surface area (TPSA) is 78.9 Å². The van der Waals surface area contributed by atoms with Crippen LogP contribution in [0.3, 0.4) is 0 Å². The molecule has 0 unspecified atom stereocenters. The molecular weight excluding hydrogens is 230 g/mol. The summed E-state index contributed by atoms with van der Waals surface area (Å²) in [6.07, 6.45) is 3.76. The Bertz CT molecular complexity index is 626. The highest BCUT2D eigenvalue weighted by Gasteiger charge is 2.32. The molecule has 0 bridgehead atoms.